The van der Waals surface area contributed by atoms with Gasteiger partial charge in [0.1, 0.15) is 5.25 Å². The van der Waals surface area contributed by atoms with E-state index in [4.69, 9.17) is 9.47 Å². The molecule has 23 heavy (non-hydrogen) atoms. The van der Waals surface area contributed by atoms with Crippen LogP contribution in [0.4, 0.5) is 5.13 Å². The summed E-state index contributed by atoms with van der Waals surface area (Å²) >= 11 is 2.36. The van der Waals surface area contributed by atoms with Crippen LogP contribution in [-0.2, 0) is 23.9 Å². The minimum atomic E-state index is -0.417. The molecule has 1 heterocycles. The number of nitrogens with zero attached hydrogens (tertiary/aromatic N) is 2. The molecule has 1 aromatic heterocycles. The highest BCUT2D eigenvalue weighted by molar-refractivity contribution is 8.02. The number of esters is 2. The van der Waals surface area contributed by atoms with Crippen molar-refractivity contribution in [2.75, 3.05) is 18.5 Å². The minimum absolute atomic E-state index is 0.0139. The van der Waals surface area contributed by atoms with Gasteiger partial charge in [-0.1, -0.05) is 23.1 Å². The van der Waals surface area contributed by atoms with E-state index in [0.29, 0.717) is 16.1 Å². The van der Waals surface area contributed by atoms with Crippen molar-refractivity contribution in [1.82, 2.24) is 10.2 Å². The lowest BCUT2D eigenvalue weighted by Crippen LogP contribution is -2.16. The Balaban J connectivity index is 2.42. The normalized spacial score (nSPS) is 11.6. The van der Waals surface area contributed by atoms with Crippen molar-refractivity contribution in [3.05, 3.63) is 0 Å². The number of nitrogens with one attached hydrogen (secondary N) is 1. The predicted octanol–water partition coefficient (Wildman–Crippen LogP) is 1.86. The molecule has 1 rings (SSSR count). The topological polar surface area (TPSA) is 107 Å². The van der Waals surface area contributed by atoms with Crippen molar-refractivity contribution in [1.29, 1.82) is 0 Å². The first-order valence-corrected chi connectivity index (χ1v) is 8.78. The first-order chi connectivity index (χ1) is 11.0. The van der Waals surface area contributed by atoms with E-state index in [9.17, 15) is 14.4 Å². The van der Waals surface area contributed by atoms with Crippen LogP contribution in [0, 0.1) is 0 Å². The fourth-order valence-electron chi connectivity index (χ4n) is 1.40. The second-order valence-electron chi connectivity index (χ2n) is 4.24. The molecule has 0 saturated carbocycles. The van der Waals surface area contributed by atoms with Crippen LogP contribution in [0.1, 0.15) is 33.6 Å². The Morgan fingerprint density at radius 1 is 1.17 bits per heavy atom. The summed E-state index contributed by atoms with van der Waals surface area (Å²) in [6.45, 7) is 5.76. The molecule has 0 unspecified atom stereocenters. The molecule has 0 aliphatic heterocycles. The molecule has 0 aromatic carbocycles. The maximum Gasteiger partial charge on any atom is 0.319 e. The second kappa shape index (κ2) is 10.2. The lowest BCUT2D eigenvalue weighted by Gasteiger charge is -2.06. The van der Waals surface area contributed by atoms with Crippen LogP contribution in [0.5, 0.6) is 0 Å². The maximum absolute atomic E-state index is 11.7. The molecule has 0 bridgehead atoms. The summed E-state index contributed by atoms with van der Waals surface area (Å²) in [6.07, 6.45) is 0.0279. The van der Waals surface area contributed by atoms with E-state index in [2.05, 4.69) is 15.5 Å². The predicted molar refractivity (Wildman–Crippen MR) is 86.4 cm³/mol. The molecule has 1 amide bonds. The van der Waals surface area contributed by atoms with Crippen LogP contribution in [0.15, 0.2) is 4.34 Å². The number of carbonyl (C=O) groups excluding carboxylic acids is 3. The van der Waals surface area contributed by atoms with Crippen LogP contribution in [-0.4, -0.2) is 46.5 Å². The molecule has 0 aliphatic rings. The highest BCUT2D eigenvalue weighted by atomic mass is 32.2. The van der Waals surface area contributed by atoms with Crippen molar-refractivity contribution in [3.63, 3.8) is 0 Å². The lowest BCUT2D eigenvalue weighted by atomic mass is 10.3. The molecule has 0 saturated heterocycles. The van der Waals surface area contributed by atoms with E-state index in [1.54, 1.807) is 20.8 Å². The van der Waals surface area contributed by atoms with Gasteiger partial charge in [-0.05, 0) is 20.8 Å². The van der Waals surface area contributed by atoms with Crippen LogP contribution in [0.2, 0.25) is 0 Å². The number of amides is 1. The Kier molecular flexibility index (Phi) is 8.56. The summed E-state index contributed by atoms with van der Waals surface area (Å²) in [5, 5.41) is 10.2. The molecule has 0 aliphatic carbocycles. The Morgan fingerprint density at radius 2 is 1.87 bits per heavy atom. The van der Waals surface area contributed by atoms with Crippen LogP contribution >= 0.6 is 23.1 Å². The highest BCUT2D eigenvalue weighted by Crippen LogP contribution is 2.29. The van der Waals surface area contributed by atoms with E-state index >= 15 is 0 Å². The fourth-order valence-corrected chi connectivity index (χ4v) is 3.31. The van der Waals surface area contributed by atoms with Gasteiger partial charge in [0.05, 0.1) is 19.6 Å². The van der Waals surface area contributed by atoms with Gasteiger partial charge in [-0.15, -0.1) is 10.2 Å². The third kappa shape index (κ3) is 7.42. The Hall–Kier alpha value is -1.68. The van der Waals surface area contributed by atoms with Crippen molar-refractivity contribution >= 4 is 46.1 Å². The number of carbonyl (C=O) groups is 3. The summed E-state index contributed by atoms with van der Waals surface area (Å²) in [5.41, 5.74) is 0. The molecular weight excluding hydrogens is 342 g/mol. The molecule has 10 heteroatoms. The quantitative estimate of drug-likeness (QED) is 0.403. The first kappa shape index (κ1) is 19.4. The number of ether oxygens (including phenoxy) is 2. The highest BCUT2D eigenvalue weighted by Gasteiger charge is 2.18. The van der Waals surface area contributed by atoms with Gasteiger partial charge in [0.2, 0.25) is 11.0 Å². The van der Waals surface area contributed by atoms with Crippen molar-refractivity contribution < 1.29 is 23.9 Å². The van der Waals surface area contributed by atoms with E-state index in [1.807, 2.05) is 0 Å². The second-order valence-corrected chi connectivity index (χ2v) is 6.80. The number of hydrogen-bond acceptors (Lipinski definition) is 9. The average Bonchev–Trinajstić information content (AvgIpc) is 2.92. The largest absolute Gasteiger partial charge is 0.466 e. The molecule has 1 N–H and O–H groups in total. The minimum Gasteiger partial charge on any atom is -0.466 e. The molecule has 0 spiro atoms. The standard InChI is InChI=1S/C13H19N3O5S2/c1-4-20-10(18)7-6-9(17)14-12-15-16-13(23-12)22-8(3)11(19)21-5-2/h8H,4-7H2,1-3H3,(H,14,15,17)/t8-/m0/s1. The molecule has 1 aromatic rings. The molecule has 0 fully saturated rings. The SMILES string of the molecule is CCOC(=O)CCC(=O)Nc1nnc(S[C@@H](C)C(=O)OCC)s1. The summed E-state index contributed by atoms with van der Waals surface area (Å²) in [5.74, 6) is -1.09. The zero-order valence-corrected chi connectivity index (χ0v) is 14.8. The van der Waals surface area contributed by atoms with E-state index in [0.717, 1.165) is 11.3 Å². The third-order valence-electron chi connectivity index (χ3n) is 2.41. The lowest BCUT2D eigenvalue weighted by molar-refractivity contribution is -0.144. The maximum atomic E-state index is 11.7. The first-order valence-electron chi connectivity index (χ1n) is 7.08. The zero-order valence-electron chi connectivity index (χ0n) is 13.2. The number of rotatable bonds is 9. The molecule has 0 radical (unpaired) electrons. The number of hydrogen-bond donors (Lipinski definition) is 1. The monoisotopic (exact) mass is 361 g/mol. The van der Waals surface area contributed by atoms with E-state index in [1.165, 1.54) is 11.8 Å². The average molecular weight is 361 g/mol. The van der Waals surface area contributed by atoms with Gasteiger partial charge in [0, 0.05) is 6.42 Å². The Labute approximate surface area is 142 Å². The summed E-state index contributed by atoms with van der Waals surface area (Å²) in [4.78, 5) is 34.4. The number of aromatic nitrogens is 2. The number of thioether (sulfide) groups is 1. The third-order valence-corrected chi connectivity index (χ3v) is 4.41. The van der Waals surface area contributed by atoms with Gasteiger partial charge in [-0.2, -0.15) is 0 Å². The zero-order chi connectivity index (χ0) is 17.2. The molecular formula is C13H19N3O5S2. The number of anilines is 1. The summed E-state index contributed by atoms with van der Waals surface area (Å²) in [6, 6.07) is 0. The molecule has 1 atom stereocenters. The van der Waals surface area contributed by atoms with Gasteiger partial charge >= 0.3 is 11.9 Å². The van der Waals surface area contributed by atoms with E-state index < -0.39 is 11.2 Å². The van der Waals surface area contributed by atoms with Crippen LogP contribution in [0.25, 0.3) is 0 Å². The van der Waals surface area contributed by atoms with Gasteiger partial charge < -0.3 is 14.8 Å². The van der Waals surface area contributed by atoms with Gasteiger partial charge in [0.15, 0.2) is 4.34 Å². The smallest absolute Gasteiger partial charge is 0.319 e. The fraction of sp³-hybridized carbons (Fsp3) is 0.615. The summed E-state index contributed by atoms with van der Waals surface area (Å²) in [7, 11) is 0. The Bertz CT molecular complexity index is 549. The van der Waals surface area contributed by atoms with Gasteiger partial charge in [-0.3, -0.25) is 14.4 Å². The summed E-state index contributed by atoms with van der Waals surface area (Å²) < 4.78 is 10.2. The van der Waals surface area contributed by atoms with E-state index in [-0.39, 0.29) is 31.3 Å². The van der Waals surface area contributed by atoms with Crippen LogP contribution in [0.3, 0.4) is 0 Å². The molecule has 8 nitrogen and oxygen atoms in total. The van der Waals surface area contributed by atoms with Crippen molar-refractivity contribution in [3.8, 4) is 0 Å². The molecule has 128 valence electrons. The van der Waals surface area contributed by atoms with Gasteiger partial charge in [0.25, 0.3) is 0 Å². The van der Waals surface area contributed by atoms with Gasteiger partial charge in [-0.25, -0.2) is 0 Å². The van der Waals surface area contributed by atoms with Crippen molar-refractivity contribution in [2.24, 2.45) is 0 Å². The Morgan fingerprint density at radius 3 is 2.52 bits per heavy atom. The van der Waals surface area contributed by atoms with Crippen LogP contribution < -0.4 is 5.32 Å². The van der Waals surface area contributed by atoms with Crippen molar-refractivity contribution in [2.45, 2.75) is 43.2 Å².